The molecule has 2 aromatic rings. The van der Waals surface area contributed by atoms with Crippen LogP contribution < -0.4 is 5.69 Å². The van der Waals surface area contributed by atoms with Crippen molar-refractivity contribution in [3.8, 4) is 0 Å². The first-order valence-corrected chi connectivity index (χ1v) is 6.12. The van der Waals surface area contributed by atoms with Crippen LogP contribution in [0.1, 0.15) is 12.8 Å². The summed E-state index contributed by atoms with van der Waals surface area (Å²) in [4.78, 5) is 33.5. The van der Waals surface area contributed by atoms with Gasteiger partial charge in [-0.1, -0.05) is 12.1 Å². The molecule has 0 amide bonds. The molecule has 2 rings (SSSR count). The van der Waals surface area contributed by atoms with Gasteiger partial charge in [0, 0.05) is 13.1 Å². The predicted molar refractivity (Wildman–Crippen MR) is 70.7 cm³/mol. The van der Waals surface area contributed by atoms with Crippen molar-refractivity contribution in [1.82, 2.24) is 9.13 Å². The van der Waals surface area contributed by atoms with Crippen molar-refractivity contribution < 1.29 is 19.8 Å². The van der Waals surface area contributed by atoms with Gasteiger partial charge < -0.3 is 10.2 Å². The fraction of sp³-hybridized carbons (Fsp3) is 0.308. The monoisotopic (exact) mass is 278 g/mol. The van der Waals surface area contributed by atoms with Gasteiger partial charge in [-0.2, -0.15) is 0 Å². The minimum atomic E-state index is -0.987. The second-order valence-corrected chi connectivity index (χ2v) is 4.36. The maximum atomic E-state index is 12.3. The second-order valence-electron chi connectivity index (χ2n) is 4.36. The highest BCUT2D eigenvalue weighted by Gasteiger charge is 2.14. The molecule has 0 saturated heterocycles. The van der Waals surface area contributed by atoms with E-state index in [0.29, 0.717) is 11.0 Å². The summed E-state index contributed by atoms with van der Waals surface area (Å²) in [6, 6.07) is 6.94. The highest BCUT2D eigenvalue weighted by molar-refractivity contribution is 5.76. The summed E-state index contributed by atoms with van der Waals surface area (Å²) in [5.74, 6) is -1.97. The third-order valence-electron chi connectivity index (χ3n) is 3.02. The number of benzene rings is 1. The molecule has 1 heterocycles. The summed E-state index contributed by atoms with van der Waals surface area (Å²) in [5, 5.41) is 17.4. The minimum Gasteiger partial charge on any atom is -0.481 e. The van der Waals surface area contributed by atoms with Gasteiger partial charge in [-0.05, 0) is 12.1 Å². The van der Waals surface area contributed by atoms with Gasteiger partial charge >= 0.3 is 17.6 Å². The van der Waals surface area contributed by atoms with Crippen LogP contribution in [0.5, 0.6) is 0 Å². The summed E-state index contributed by atoms with van der Waals surface area (Å²) < 4.78 is 2.73. The molecule has 0 saturated carbocycles. The van der Waals surface area contributed by atoms with E-state index in [1.54, 1.807) is 24.3 Å². The number of hydrogen-bond donors (Lipinski definition) is 2. The molecular formula is C13H14N2O5. The lowest BCUT2D eigenvalue weighted by atomic mass is 10.3. The van der Waals surface area contributed by atoms with Gasteiger partial charge in [0.05, 0.1) is 23.9 Å². The molecule has 0 spiro atoms. The lowest BCUT2D eigenvalue weighted by molar-refractivity contribution is -0.138. The standard InChI is InChI=1S/C13H14N2O5/c16-11(17)5-7-14-9-3-1-2-4-10(9)15(13(14)20)8-6-12(18)19/h1-4H,5-8H2,(H,16,17)(H,18,19). The van der Waals surface area contributed by atoms with Crippen LogP contribution in [0.15, 0.2) is 29.1 Å². The number of hydrogen-bond acceptors (Lipinski definition) is 3. The summed E-state index contributed by atoms with van der Waals surface area (Å²) >= 11 is 0. The number of aliphatic carboxylic acids is 2. The normalized spacial score (nSPS) is 10.8. The molecule has 0 radical (unpaired) electrons. The number of carboxylic acids is 2. The van der Waals surface area contributed by atoms with Crippen LogP contribution in [-0.4, -0.2) is 31.3 Å². The molecule has 0 aliphatic heterocycles. The van der Waals surface area contributed by atoms with Crippen molar-refractivity contribution in [3.05, 3.63) is 34.7 Å². The molecule has 0 atom stereocenters. The van der Waals surface area contributed by atoms with E-state index in [1.807, 2.05) is 0 Å². The minimum absolute atomic E-state index is 0.0642. The molecule has 7 nitrogen and oxygen atoms in total. The van der Waals surface area contributed by atoms with Gasteiger partial charge in [-0.25, -0.2) is 4.79 Å². The summed E-state index contributed by atoms with van der Waals surface area (Å²) in [5.41, 5.74) is 0.849. The molecule has 0 bridgehead atoms. The van der Waals surface area contributed by atoms with Crippen molar-refractivity contribution in [1.29, 1.82) is 0 Å². The van der Waals surface area contributed by atoms with E-state index < -0.39 is 11.9 Å². The number of fused-ring (bicyclic) bond motifs is 1. The number of aryl methyl sites for hydroxylation is 2. The van der Waals surface area contributed by atoms with Crippen molar-refractivity contribution >= 4 is 23.0 Å². The Balaban J connectivity index is 2.46. The van der Waals surface area contributed by atoms with Crippen LogP contribution in [0, 0.1) is 0 Å². The third-order valence-corrected chi connectivity index (χ3v) is 3.02. The lowest BCUT2D eigenvalue weighted by Gasteiger charge is -1.99. The van der Waals surface area contributed by atoms with Crippen LogP contribution in [0.4, 0.5) is 0 Å². The number of nitrogens with zero attached hydrogens (tertiary/aromatic N) is 2. The van der Waals surface area contributed by atoms with Crippen LogP contribution >= 0.6 is 0 Å². The van der Waals surface area contributed by atoms with Gasteiger partial charge in [0.15, 0.2) is 0 Å². The van der Waals surface area contributed by atoms with Crippen LogP contribution in [0.3, 0.4) is 0 Å². The Morgan fingerprint density at radius 3 is 1.65 bits per heavy atom. The third kappa shape index (κ3) is 2.71. The first-order valence-electron chi connectivity index (χ1n) is 6.12. The van der Waals surface area contributed by atoms with Gasteiger partial charge in [0.1, 0.15) is 0 Å². The number of imidazole rings is 1. The zero-order chi connectivity index (χ0) is 14.7. The van der Waals surface area contributed by atoms with Crippen molar-refractivity contribution in [2.45, 2.75) is 25.9 Å². The van der Waals surface area contributed by atoms with E-state index in [9.17, 15) is 14.4 Å². The maximum absolute atomic E-state index is 12.3. The second kappa shape index (κ2) is 5.60. The maximum Gasteiger partial charge on any atom is 0.329 e. The van der Waals surface area contributed by atoms with Crippen molar-refractivity contribution in [2.24, 2.45) is 0 Å². The fourth-order valence-electron chi connectivity index (χ4n) is 2.12. The highest BCUT2D eigenvalue weighted by Crippen LogP contribution is 2.13. The van der Waals surface area contributed by atoms with Crippen LogP contribution in [0.2, 0.25) is 0 Å². The Labute approximate surface area is 113 Å². The molecule has 1 aromatic carbocycles. The smallest absolute Gasteiger partial charge is 0.329 e. The average molecular weight is 278 g/mol. The topological polar surface area (TPSA) is 102 Å². The Hall–Kier alpha value is -2.57. The number of rotatable bonds is 6. The molecule has 0 fully saturated rings. The zero-order valence-electron chi connectivity index (χ0n) is 10.7. The number of aromatic nitrogens is 2. The quantitative estimate of drug-likeness (QED) is 0.812. The SMILES string of the molecule is O=C(O)CCn1c(=O)n(CCC(=O)O)c2ccccc21. The summed E-state index contributed by atoms with van der Waals surface area (Å²) in [7, 11) is 0. The van der Waals surface area contributed by atoms with E-state index in [2.05, 4.69) is 0 Å². The summed E-state index contributed by atoms with van der Waals surface area (Å²) in [6.45, 7) is 0.128. The largest absolute Gasteiger partial charge is 0.481 e. The predicted octanol–water partition coefficient (Wildman–Crippen LogP) is 0.752. The molecule has 2 N–H and O–H groups in total. The summed E-state index contributed by atoms with van der Waals surface area (Å²) in [6.07, 6.45) is -0.320. The van der Waals surface area contributed by atoms with Crippen molar-refractivity contribution in [3.63, 3.8) is 0 Å². The number of carbonyl (C=O) groups is 2. The van der Waals surface area contributed by atoms with Crippen LogP contribution in [-0.2, 0) is 22.7 Å². The average Bonchev–Trinajstić information content (AvgIpc) is 2.66. The van der Waals surface area contributed by atoms with Gasteiger partial charge in [0.25, 0.3) is 0 Å². The molecule has 0 aliphatic rings. The fourth-order valence-corrected chi connectivity index (χ4v) is 2.12. The number of carboxylic acid groups (broad SMARTS) is 2. The lowest BCUT2D eigenvalue weighted by Crippen LogP contribution is -2.26. The molecule has 0 aliphatic carbocycles. The highest BCUT2D eigenvalue weighted by atomic mass is 16.4. The van der Waals surface area contributed by atoms with E-state index in [0.717, 1.165) is 0 Å². The van der Waals surface area contributed by atoms with Crippen LogP contribution in [0.25, 0.3) is 11.0 Å². The van der Waals surface area contributed by atoms with E-state index >= 15 is 0 Å². The van der Waals surface area contributed by atoms with E-state index in [4.69, 9.17) is 10.2 Å². The molecular weight excluding hydrogens is 264 g/mol. The van der Waals surface area contributed by atoms with Crippen molar-refractivity contribution in [2.75, 3.05) is 0 Å². The Morgan fingerprint density at radius 1 is 0.900 bits per heavy atom. The first-order chi connectivity index (χ1) is 9.50. The Kier molecular flexibility index (Phi) is 3.88. The first kappa shape index (κ1) is 13.9. The zero-order valence-corrected chi connectivity index (χ0v) is 10.7. The molecule has 106 valence electrons. The van der Waals surface area contributed by atoms with Gasteiger partial charge in [0.2, 0.25) is 0 Å². The Morgan fingerprint density at radius 2 is 1.30 bits per heavy atom. The molecule has 7 heteroatoms. The molecule has 0 unspecified atom stereocenters. The van der Waals surface area contributed by atoms with Gasteiger partial charge in [-0.3, -0.25) is 18.7 Å². The van der Waals surface area contributed by atoms with E-state index in [1.165, 1.54) is 9.13 Å². The van der Waals surface area contributed by atoms with Gasteiger partial charge in [-0.15, -0.1) is 0 Å². The molecule has 1 aromatic heterocycles. The van der Waals surface area contributed by atoms with E-state index in [-0.39, 0.29) is 31.6 Å². The Bertz CT molecular complexity index is 655. The number of para-hydroxylation sites is 2. The molecule has 20 heavy (non-hydrogen) atoms.